The summed E-state index contributed by atoms with van der Waals surface area (Å²) in [4.78, 5) is 38.8. The summed E-state index contributed by atoms with van der Waals surface area (Å²) in [6.45, 7) is 9.89. The first kappa shape index (κ1) is 36.2. The van der Waals surface area contributed by atoms with Crippen molar-refractivity contribution >= 4 is 18.0 Å². The van der Waals surface area contributed by atoms with Crippen LogP contribution in [0.1, 0.15) is 150 Å². The number of hydrogen-bond acceptors (Lipinski definition) is 7. The Bertz CT molecular complexity index is 690. The molecule has 1 saturated heterocycles. The predicted octanol–water partition coefficient (Wildman–Crippen LogP) is 7.48. The van der Waals surface area contributed by atoms with Crippen LogP contribution in [0, 0.1) is 0 Å². The van der Waals surface area contributed by atoms with Gasteiger partial charge in [0.15, 0.2) is 0 Å². The SMILES string of the molecule is CCCCCCCCC(CCCCCCCC)OC(=O)CCCCOC(=O)[C@@H]1C[C@H](O)CN1C(=O)OC(C)(C)C. The predicted molar refractivity (Wildman–Crippen MR) is 158 cm³/mol. The van der Waals surface area contributed by atoms with Crippen molar-refractivity contribution in [2.75, 3.05) is 13.2 Å². The highest BCUT2D eigenvalue weighted by Crippen LogP contribution is 2.23. The zero-order chi connectivity index (χ0) is 29.8. The monoisotopic (exact) mass is 569 g/mol. The van der Waals surface area contributed by atoms with Gasteiger partial charge in [0.05, 0.1) is 19.3 Å². The van der Waals surface area contributed by atoms with Crippen LogP contribution >= 0.6 is 0 Å². The molecule has 1 aliphatic heterocycles. The molecule has 2 atom stereocenters. The smallest absolute Gasteiger partial charge is 0.411 e. The summed E-state index contributed by atoms with van der Waals surface area (Å²) < 4.78 is 16.6. The minimum atomic E-state index is -0.862. The lowest BCUT2D eigenvalue weighted by Gasteiger charge is -2.27. The van der Waals surface area contributed by atoms with Crippen molar-refractivity contribution in [2.45, 2.75) is 174 Å². The van der Waals surface area contributed by atoms with Crippen LogP contribution in [0.4, 0.5) is 4.79 Å². The van der Waals surface area contributed by atoms with Crippen LogP contribution in [-0.2, 0) is 23.8 Å². The molecule has 40 heavy (non-hydrogen) atoms. The second-order valence-electron chi connectivity index (χ2n) is 12.4. The number of esters is 2. The molecule has 0 aromatic carbocycles. The topological polar surface area (TPSA) is 102 Å². The van der Waals surface area contributed by atoms with Gasteiger partial charge in [0.2, 0.25) is 0 Å². The van der Waals surface area contributed by atoms with E-state index in [-0.39, 0.29) is 31.6 Å². The number of likely N-dealkylation sites (tertiary alicyclic amines) is 1. The van der Waals surface area contributed by atoms with Gasteiger partial charge >= 0.3 is 18.0 Å². The molecule has 1 aliphatic rings. The van der Waals surface area contributed by atoms with Crippen LogP contribution in [0.2, 0.25) is 0 Å². The van der Waals surface area contributed by atoms with Crippen molar-refractivity contribution in [2.24, 2.45) is 0 Å². The Labute approximate surface area is 243 Å². The van der Waals surface area contributed by atoms with Crippen LogP contribution in [0.5, 0.6) is 0 Å². The molecule has 0 aromatic rings. The average molecular weight is 570 g/mol. The number of carbonyl (C=O) groups excluding carboxylic acids is 3. The number of rotatable bonds is 21. The van der Waals surface area contributed by atoms with Crippen LogP contribution in [0.25, 0.3) is 0 Å². The van der Waals surface area contributed by atoms with Crippen LogP contribution in [0.15, 0.2) is 0 Å². The zero-order valence-electron chi connectivity index (χ0n) is 26.2. The molecule has 0 unspecified atom stereocenters. The minimum Gasteiger partial charge on any atom is -0.464 e. The van der Waals surface area contributed by atoms with Gasteiger partial charge in [-0.3, -0.25) is 9.69 Å². The summed E-state index contributed by atoms with van der Waals surface area (Å²) in [5, 5.41) is 10.0. The third-order valence-corrected chi connectivity index (χ3v) is 7.26. The van der Waals surface area contributed by atoms with Crippen molar-refractivity contribution in [1.29, 1.82) is 0 Å². The lowest BCUT2D eigenvalue weighted by atomic mass is 10.0. The van der Waals surface area contributed by atoms with E-state index in [4.69, 9.17) is 14.2 Å². The van der Waals surface area contributed by atoms with E-state index < -0.39 is 29.8 Å². The Kier molecular flexibility index (Phi) is 19.0. The Morgan fingerprint density at radius 1 is 0.825 bits per heavy atom. The number of aliphatic hydroxyl groups excluding tert-OH is 1. The second-order valence-corrected chi connectivity index (χ2v) is 12.4. The van der Waals surface area contributed by atoms with Gasteiger partial charge in [-0.15, -0.1) is 0 Å². The molecule has 0 spiro atoms. The quantitative estimate of drug-likeness (QED) is 0.0868. The van der Waals surface area contributed by atoms with E-state index in [1.54, 1.807) is 20.8 Å². The number of carbonyl (C=O) groups is 3. The number of aliphatic hydroxyl groups is 1. The highest BCUT2D eigenvalue weighted by Gasteiger charge is 2.41. The summed E-state index contributed by atoms with van der Waals surface area (Å²) in [7, 11) is 0. The van der Waals surface area contributed by atoms with Crippen molar-refractivity contribution in [3.05, 3.63) is 0 Å². The van der Waals surface area contributed by atoms with Gasteiger partial charge in [0.25, 0.3) is 0 Å². The van der Waals surface area contributed by atoms with Gasteiger partial charge in [-0.1, -0.05) is 78.1 Å². The number of β-amino-alcohol motifs (C(OH)–C–C–N with tert-alkyl or cyclic N) is 1. The van der Waals surface area contributed by atoms with E-state index in [1.807, 2.05) is 0 Å². The molecule has 8 heteroatoms. The van der Waals surface area contributed by atoms with E-state index in [0.717, 1.165) is 25.7 Å². The Balaban J connectivity index is 2.37. The van der Waals surface area contributed by atoms with Gasteiger partial charge in [0.1, 0.15) is 17.7 Å². The molecule has 1 fully saturated rings. The molecule has 1 N–H and O–H groups in total. The molecule has 234 valence electrons. The van der Waals surface area contributed by atoms with Crippen LogP contribution in [0.3, 0.4) is 0 Å². The van der Waals surface area contributed by atoms with E-state index in [9.17, 15) is 19.5 Å². The van der Waals surface area contributed by atoms with Gasteiger partial charge in [-0.2, -0.15) is 0 Å². The highest BCUT2D eigenvalue weighted by molar-refractivity contribution is 5.82. The molecule has 0 aliphatic carbocycles. The first-order valence-corrected chi connectivity index (χ1v) is 16.1. The van der Waals surface area contributed by atoms with Gasteiger partial charge in [-0.25, -0.2) is 9.59 Å². The fourth-order valence-corrected chi connectivity index (χ4v) is 5.01. The normalized spacial score (nSPS) is 17.3. The average Bonchev–Trinajstić information content (AvgIpc) is 3.28. The lowest BCUT2D eigenvalue weighted by Crippen LogP contribution is -2.44. The molecule has 8 nitrogen and oxygen atoms in total. The van der Waals surface area contributed by atoms with E-state index >= 15 is 0 Å². The van der Waals surface area contributed by atoms with Crippen molar-refractivity contribution in [3.63, 3.8) is 0 Å². The first-order valence-electron chi connectivity index (χ1n) is 16.1. The molecule has 1 amide bonds. The summed E-state index contributed by atoms with van der Waals surface area (Å²) in [6, 6.07) is -0.862. The zero-order valence-corrected chi connectivity index (χ0v) is 26.2. The largest absolute Gasteiger partial charge is 0.464 e. The molecule has 1 rings (SSSR count). The summed E-state index contributed by atoms with van der Waals surface area (Å²) >= 11 is 0. The molecule has 0 radical (unpaired) electrons. The maximum atomic E-state index is 12.6. The number of unbranched alkanes of at least 4 members (excludes halogenated alkanes) is 11. The van der Waals surface area contributed by atoms with Crippen molar-refractivity contribution in [3.8, 4) is 0 Å². The van der Waals surface area contributed by atoms with E-state index in [2.05, 4.69) is 13.8 Å². The number of nitrogens with zero attached hydrogens (tertiary/aromatic N) is 1. The van der Waals surface area contributed by atoms with Gasteiger partial charge in [-0.05, 0) is 59.3 Å². The summed E-state index contributed by atoms with van der Waals surface area (Å²) in [5.41, 5.74) is -0.698. The van der Waals surface area contributed by atoms with Crippen molar-refractivity contribution in [1.82, 2.24) is 4.90 Å². The van der Waals surface area contributed by atoms with Crippen LogP contribution in [-0.4, -0.2) is 65.0 Å². The molecular formula is C32H59NO7. The Hall–Kier alpha value is -1.83. The van der Waals surface area contributed by atoms with Crippen LogP contribution < -0.4 is 0 Å². The molecule has 0 bridgehead atoms. The fraction of sp³-hybridized carbons (Fsp3) is 0.906. The third-order valence-electron chi connectivity index (χ3n) is 7.26. The molecule has 0 saturated carbocycles. The van der Waals surface area contributed by atoms with Gasteiger partial charge in [0, 0.05) is 12.8 Å². The van der Waals surface area contributed by atoms with E-state index in [0.29, 0.717) is 19.3 Å². The molecule has 0 aromatic heterocycles. The fourth-order valence-electron chi connectivity index (χ4n) is 5.01. The molecular weight excluding hydrogens is 510 g/mol. The van der Waals surface area contributed by atoms with Gasteiger partial charge < -0.3 is 19.3 Å². The first-order chi connectivity index (χ1) is 19.1. The van der Waals surface area contributed by atoms with Crippen molar-refractivity contribution < 1.29 is 33.7 Å². The standard InChI is InChI=1S/C32H59NO7/c1-6-8-10-12-14-16-20-27(21-17-15-13-11-9-7-2)39-29(35)22-18-19-23-38-30(36)28-24-26(34)25-33(28)31(37)40-32(3,4)5/h26-28,34H,6-25H2,1-5H3/t26-,28-/m0/s1. The lowest BCUT2D eigenvalue weighted by molar-refractivity contribution is -0.150. The summed E-state index contributed by atoms with van der Waals surface area (Å²) in [6.07, 6.45) is 16.7. The minimum absolute atomic E-state index is 0.00434. The summed E-state index contributed by atoms with van der Waals surface area (Å²) in [5.74, 6) is -0.730. The Morgan fingerprint density at radius 3 is 1.93 bits per heavy atom. The number of ether oxygens (including phenoxy) is 3. The maximum absolute atomic E-state index is 12.6. The number of amides is 1. The number of hydrogen-bond donors (Lipinski definition) is 1. The second kappa shape index (κ2) is 21.0. The highest BCUT2D eigenvalue weighted by atomic mass is 16.6. The van der Waals surface area contributed by atoms with E-state index in [1.165, 1.54) is 69.1 Å². The molecule has 1 heterocycles. The third kappa shape index (κ3) is 17.1. The maximum Gasteiger partial charge on any atom is 0.411 e. The Morgan fingerprint density at radius 2 is 1.38 bits per heavy atom.